The molecule has 0 aliphatic carbocycles. The summed E-state index contributed by atoms with van der Waals surface area (Å²) in [5, 5.41) is 14.3. The van der Waals surface area contributed by atoms with Gasteiger partial charge in [0.2, 0.25) is 5.91 Å². The predicted molar refractivity (Wildman–Crippen MR) is 112 cm³/mol. The van der Waals surface area contributed by atoms with Crippen LogP contribution in [0, 0.1) is 10.1 Å². The third-order valence-electron chi connectivity index (χ3n) is 4.42. The van der Waals surface area contributed by atoms with Crippen LogP contribution >= 0.6 is 0 Å². The second-order valence-electron chi connectivity index (χ2n) is 6.53. The molecule has 6 nitrogen and oxygen atoms in total. The zero-order valence-electron chi connectivity index (χ0n) is 16.1. The summed E-state index contributed by atoms with van der Waals surface area (Å²) in [6.45, 7) is 2.42. The van der Waals surface area contributed by atoms with Crippen molar-refractivity contribution in [3.05, 3.63) is 100 Å². The molecule has 148 valence electrons. The van der Waals surface area contributed by atoms with Gasteiger partial charge < -0.3 is 10.1 Å². The normalized spacial score (nSPS) is 10.6. The first-order chi connectivity index (χ1) is 14.1. The highest BCUT2D eigenvalue weighted by Gasteiger charge is 2.25. The van der Waals surface area contributed by atoms with Gasteiger partial charge in [0.1, 0.15) is 11.4 Å². The fraction of sp³-hybridized carbons (Fsp3) is 0.174. The van der Waals surface area contributed by atoms with Crippen LogP contribution in [0.1, 0.15) is 30.4 Å². The molecule has 0 spiro atoms. The number of benzene rings is 3. The van der Waals surface area contributed by atoms with E-state index in [1.807, 2.05) is 67.6 Å². The first-order valence-corrected chi connectivity index (χ1v) is 9.42. The summed E-state index contributed by atoms with van der Waals surface area (Å²) in [7, 11) is 0. The minimum atomic E-state index is -0.590. The first kappa shape index (κ1) is 20.1. The molecule has 0 fully saturated rings. The molecule has 3 aromatic carbocycles. The summed E-state index contributed by atoms with van der Waals surface area (Å²) in [5.41, 5.74) is 1.55. The van der Waals surface area contributed by atoms with Crippen LogP contribution in [0.5, 0.6) is 5.75 Å². The fourth-order valence-electron chi connectivity index (χ4n) is 3.07. The number of rotatable bonds is 8. The van der Waals surface area contributed by atoms with E-state index in [4.69, 9.17) is 4.74 Å². The molecule has 1 amide bonds. The number of nitro groups is 1. The number of nitrogens with zero attached hydrogens (tertiary/aromatic N) is 1. The van der Waals surface area contributed by atoms with Crippen LogP contribution in [0.3, 0.4) is 0 Å². The highest BCUT2D eigenvalue weighted by molar-refractivity contribution is 5.99. The van der Waals surface area contributed by atoms with Crippen molar-refractivity contribution in [2.45, 2.75) is 19.3 Å². The smallest absolute Gasteiger partial charge is 0.296 e. The largest absolute Gasteiger partial charge is 0.493 e. The van der Waals surface area contributed by atoms with Gasteiger partial charge in [-0.05, 0) is 29.7 Å². The third kappa shape index (κ3) is 4.99. The molecule has 3 rings (SSSR count). The standard InChI is InChI=1S/C23H22N2O4/c1-2-15-29-19-13-14-20(21(16-19)25(27)28)24-23(26)22(17-9-5-3-6-10-17)18-11-7-4-8-12-18/h3-14,16,22H,2,15H2,1H3,(H,24,26). The van der Waals surface area contributed by atoms with E-state index >= 15 is 0 Å². The maximum Gasteiger partial charge on any atom is 0.296 e. The molecule has 0 radical (unpaired) electrons. The average Bonchev–Trinajstić information content (AvgIpc) is 2.74. The van der Waals surface area contributed by atoms with Gasteiger partial charge in [-0.2, -0.15) is 0 Å². The van der Waals surface area contributed by atoms with Crippen molar-refractivity contribution in [2.24, 2.45) is 0 Å². The number of amides is 1. The van der Waals surface area contributed by atoms with Crippen LogP contribution in [0.4, 0.5) is 11.4 Å². The summed E-state index contributed by atoms with van der Waals surface area (Å²) in [4.78, 5) is 24.2. The van der Waals surface area contributed by atoms with Gasteiger partial charge in [0.05, 0.1) is 23.5 Å². The number of anilines is 1. The molecule has 0 bridgehead atoms. The molecule has 0 aliphatic heterocycles. The van der Waals surface area contributed by atoms with Crippen molar-refractivity contribution in [2.75, 3.05) is 11.9 Å². The molecule has 0 atom stereocenters. The lowest BCUT2D eigenvalue weighted by Crippen LogP contribution is -2.22. The molecule has 0 unspecified atom stereocenters. The monoisotopic (exact) mass is 390 g/mol. The summed E-state index contributed by atoms with van der Waals surface area (Å²) in [6.07, 6.45) is 0.794. The summed E-state index contributed by atoms with van der Waals surface area (Å²) in [5.74, 6) is -0.528. The van der Waals surface area contributed by atoms with Crippen molar-refractivity contribution < 1.29 is 14.5 Å². The maximum absolute atomic E-state index is 13.2. The molecule has 3 aromatic rings. The second kappa shape index (κ2) is 9.50. The molecule has 0 saturated heterocycles. The number of nitrogens with one attached hydrogen (secondary N) is 1. The van der Waals surface area contributed by atoms with E-state index in [9.17, 15) is 14.9 Å². The predicted octanol–water partition coefficient (Wildman–Crippen LogP) is 5.15. The van der Waals surface area contributed by atoms with Crippen LogP contribution in [-0.2, 0) is 4.79 Å². The van der Waals surface area contributed by atoms with Gasteiger partial charge in [-0.3, -0.25) is 14.9 Å². The number of carbonyl (C=O) groups is 1. The Hall–Kier alpha value is -3.67. The second-order valence-corrected chi connectivity index (χ2v) is 6.53. The Kier molecular flexibility index (Phi) is 6.58. The summed E-state index contributed by atoms with van der Waals surface area (Å²) in [6, 6.07) is 23.1. The lowest BCUT2D eigenvalue weighted by atomic mass is 9.90. The van der Waals surface area contributed by atoms with Gasteiger partial charge in [-0.15, -0.1) is 0 Å². The quantitative estimate of drug-likeness (QED) is 0.426. The van der Waals surface area contributed by atoms with Crippen LogP contribution in [0.2, 0.25) is 0 Å². The Morgan fingerprint density at radius 2 is 1.59 bits per heavy atom. The minimum absolute atomic E-state index is 0.140. The van der Waals surface area contributed by atoms with Crippen molar-refractivity contribution in [3.8, 4) is 5.75 Å². The topological polar surface area (TPSA) is 81.5 Å². The van der Waals surface area contributed by atoms with E-state index in [0.717, 1.165) is 17.5 Å². The Labute approximate surface area is 169 Å². The molecule has 0 aromatic heterocycles. The zero-order chi connectivity index (χ0) is 20.6. The van der Waals surface area contributed by atoms with E-state index in [1.54, 1.807) is 6.07 Å². The maximum atomic E-state index is 13.2. The van der Waals surface area contributed by atoms with Gasteiger partial charge in [-0.25, -0.2) is 0 Å². The van der Waals surface area contributed by atoms with Crippen molar-refractivity contribution in [3.63, 3.8) is 0 Å². The molecule has 0 saturated carbocycles. The highest BCUT2D eigenvalue weighted by atomic mass is 16.6. The number of carbonyl (C=O) groups excluding carboxylic acids is 1. The van der Waals surface area contributed by atoms with Gasteiger partial charge in [0.25, 0.3) is 5.69 Å². The fourth-order valence-corrected chi connectivity index (χ4v) is 3.07. The first-order valence-electron chi connectivity index (χ1n) is 9.42. The number of hydrogen-bond acceptors (Lipinski definition) is 4. The van der Waals surface area contributed by atoms with E-state index < -0.39 is 10.8 Å². The van der Waals surface area contributed by atoms with Crippen molar-refractivity contribution in [1.29, 1.82) is 0 Å². The van der Waals surface area contributed by atoms with Crippen LogP contribution in [0.25, 0.3) is 0 Å². The molecule has 6 heteroatoms. The van der Waals surface area contributed by atoms with Gasteiger partial charge in [0.15, 0.2) is 0 Å². The van der Waals surface area contributed by atoms with E-state index in [1.165, 1.54) is 12.1 Å². The van der Waals surface area contributed by atoms with Crippen molar-refractivity contribution >= 4 is 17.3 Å². The average molecular weight is 390 g/mol. The van der Waals surface area contributed by atoms with E-state index in [2.05, 4.69) is 5.32 Å². The highest BCUT2D eigenvalue weighted by Crippen LogP contribution is 2.32. The van der Waals surface area contributed by atoms with Gasteiger partial charge >= 0.3 is 0 Å². The van der Waals surface area contributed by atoms with Gasteiger partial charge in [0, 0.05) is 0 Å². The number of nitro benzene ring substituents is 1. The SMILES string of the molecule is CCCOc1ccc(NC(=O)C(c2ccccc2)c2ccccc2)c([N+](=O)[O-])c1. The van der Waals surface area contributed by atoms with E-state index in [-0.39, 0.29) is 17.3 Å². The Morgan fingerprint density at radius 1 is 1.00 bits per heavy atom. The molecular formula is C23H22N2O4. The Morgan fingerprint density at radius 3 is 2.10 bits per heavy atom. The van der Waals surface area contributed by atoms with Gasteiger partial charge in [-0.1, -0.05) is 67.6 Å². The van der Waals surface area contributed by atoms with Crippen molar-refractivity contribution in [1.82, 2.24) is 0 Å². The lowest BCUT2D eigenvalue weighted by Gasteiger charge is -2.18. The minimum Gasteiger partial charge on any atom is -0.493 e. The Bertz CT molecular complexity index is 935. The summed E-state index contributed by atoms with van der Waals surface area (Å²) < 4.78 is 5.47. The Balaban J connectivity index is 1.93. The van der Waals surface area contributed by atoms with E-state index in [0.29, 0.717) is 12.4 Å². The molecule has 0 aliphatic rings. The molecule has 29 heavy (non-hydrogen) atoms. The zero-order valence-corrected chi connectivity index (χ0v) is 16.1. The molecule has 0 heterocycles. The van der Waals surface area contributed by atoms with Crippen LogP contribution < -0.4 is 10.1 Å². The molecule has 1 N–H and O–H groups in total. The van der Waals surface area contributed by atoms with Crippen LogP contribution in [-0.4, -0.2) is 17.4 Å². The number of hydrogen-bond donors (Lipinski definition) is 1. The third-order valence-corrected chi connectivity index (χ3v) is 4.42. The lowest BCUT2D eigenvalue weighted by molar-refractivity contribution is -0.384. The molecular weight excluding hydrogens is 368 g/mol. The number of ether oxygens (including phenoxy) is 1. The summed E-state index contributed by atoms with van der Waals surface area (Å²) >= 11 is 0. The van der Waals surface area contributed by atoms with Crippen LogP contribution in [0.15, 0.2) is 78.9 Å².